The van der Waals surface area contributed by atoms with E-state index in [0.717, 1.165) is 30.7 Å². The van der Waals surface area contributed by atoms with E-state index in [0.29, 0.717) is 5.92 Å². The van der Waals surface area contributed by atoms with Crippen LogP contribution in [-0.4, -0.2) is 13.2 Å². The zero-order valence-corrected chi connectivity index (χ0v) is 13.2. The number of rotatable bonds is 5. The Morgan fingerprint density at radius 3 is 2.75 bits per heavy atom. The van der Waals surface area contributed by atoms with Gasteiger partial charge in [0.05, 0.1) is 6.61 Å². The van der Waals surface area contributed by atoms with E-state index in [-0.39, 0.29) is 0 Å². The van der Waals surface area contributed by atoms with Crippen molar-refractivity contribution in [1.29, 1.82) is 0 Å². The van der Waals surface area contributed by atoms with Crippen molar-refractivity contribution in [2.45, 2.75) is 52.4 Å². The number of aryl methyl sites for hydroxylation is 1. The normalized spacial score (nSPS) is 24.4. The Labute approximate surface area is 123 Å². The van der Waals surface area contributed by atoms with Crippen LogP contribution in [0.5, 0.6) is 5.75 Å². The Balaban J connectivity index is 2.18. The summed E-state index contributed by atoms with van der Waals surface area (Å²) in [4.78, 5) is 0. The summed E-state index contributed by atoms with van der Waals surface area (Å²) in [5, 5.41) is 0. The van der Waals surface area contributed by atoms with Gasteiger partial charge in [0.15, 0.2) is 0 Å². The van der Waals surface area contributed by atoms with Gasteiger partial charge in [-0.15, -0.1) is 0 Å². The second-order valence-corrected chi connectivity index (χ2v) is 6.33. The summed E-state index contributed by atoms with van der Waals surface area (Å²) in [6.07, 6.45) is 5.40. The number of benzene rings is 1. The first kappa shape index (κ1) is 15.4. The molecule has 112 valence electrons. The average molecular weight is 275 g/mol. The van der Waals surface area contributed by atoms with E-state index in [2.05, 4.69) is 32.0 Å². The highest BCUT2D eigenvalue weighted by molar-refractivity contribution is 5.37. The second kappa shape index (κ2) is 7.12. The van der Waals surface area contributed by atoms with Crippen molar-refractivity contribution in [3.63, 3.8) is 0 Å². The molecular weight excluding hydrogens is 246 g/mol. The molecule has 0 bridgehead atoms. The quantitative estimate of drug-likeness (QED) is 0.871. The van der Waals surface area contributed by atoms with Crippen molar-refractivity contribution < 1.29 is 4.74 Å². The topological polar surface area (TPSA) is 35.2 Å². The summed E-state index contributed by atoms with van der Waals surface area (Å²) in [6, 6.07) is 6.49. The van der Waals surface area contributed by atoms with Gasteiger partial charge in [0, 0.05) is 0 Å². The molecule has 1 aliphatic rings. The van der Waals surface area contributed by atoms with Gasteiger partial charge in [-0.3, -0.25) is 0 Å². The third kappa shape index (κ3) is 3.54. The average Bonchev–Trinajstić information content (AvgIpc) is 2.42. The Morgan fingerprint density at radius 1 is 1.35 bits per heavy atom. The second-order valence-electron chi connectivity index (χ2n) is 6.33. The van der Waals surface area contributed by atoms with Gasteiger partial charge < -0.3 is 10.5 Å². The molecule has 0 aromatic heterocycles. The van der Waals surface area contributed by atoms with Gasteiger partial charge in [0.1, 0.15) is 5.75 Å². The molecule has 1 aromatic rings. The summed E-state index contributed by atoms with van der Waals surface area (Å²) >= 11 is 0. The summed E-state index contributed by atoms with van der Waals surface area (Å²) in [7, 11) is 0. The van der Waals surface area contributed by atoms with Gasteiger partial charge in [0.25, 0.3) is 0 Å². The van der Waals surface area contributed by atoms with E-state index in [1.807, 2.05) is 6.92 Å². The number of hydrogen-bond donors (Lipinski definition) is 1. The van der Waals surface area contributed by atoms with Crippen LogP contribution in [0, 0.1) is 18.8 Å². The Bertz CT molecular complexity index is 429. The van der Waals surface area contributed by atoms with E-state index in [9.17, 15) is 0 Å². The molecule has 20 heavy (non-hydrogen) atoms. The van der Waals surface area contributed by atoms with Crippen LogP contribution in [0.2, 0.25) is 0 Å². The molecule has 1 aromatic carbocycles. The molecule has 3 unspecified atom stereocenters. The summed E-state index contributed by atoms with van der Waals surface area (Å²) in [6.45, 7) is 8.07. The molecule has 0 aliphatic heterocycles. The highest BCUT2D eigenvalue weighted by Gasteiger charge is 2.27. The fourth-order valence-corrected chi connectivity index (χ4v) is 3.74. The predicted octanol–water partition coefficient (Wildman–Crippen LogP) is 4.26. The molecule has 1 saturated carbocycles. The molecule has 2 N–H and O–H groups in total. The molecule has 1 aliphatic carbocycles. The number of nitrogens with two attached hydrogens (primary N) is 1. The van der Waals surface area contributed by atoms with Crippen molar-refractivity contribution in [3.8, 4) is 5.75 Å². The first-order valence-electron chi connectivity index (χ1n) is 8.09. The zero-order chi connectivity index (χ0) is 14.5. The molecule has 2 nitrogen and oxygen atoms in total. The largest absolute Gasteiger partial charge is 0.494 e. The van der Waals surface area contributed by atoms with Gasteiger partial charge in [-0.1, -0.05) is 25.8 Å². The van der Waals surface area contributed by atoms with E-state index in [1.54, 1.807) is 0 Å². The van der Waals surface area contributed by atoms with Gasteiger partial charge in [0.2, 0.25) is 0 Å². The van der Waals surface area contributed by atoms with Crippen LogP contribution in [0.25, 0.3) is 0 Å². The highest BCUT2D eigenvalue weighted by atomic mass is 16.5. The Kier molecular flexibility index (Phi) is 5.47. The molecule has 2 heteroatoms. The maximum absolute atomic E-state index is 6.12. The number of ether oxygens (including phenoxy) is 1. The SMILES string of the molecule is CCOc1ccc(C(CN)C2CCCC(C)C2)c(C)c1. The van der Waals surface area contributed by atoms with Crippen LogP contribution >= 0.6 is 0 Å². The monoisotopic (exact) mass is 275 g/mol. The molecule has 2 rings (SSSR count). The molecule has 0 saturated heterocycles. The molecule has 3 atom stereocenters. The smallest absolute Gasteiger partial charge is 0.119 e. The van der Waals surface area contributed by atoms with E-state index < -0.39 is 0 Å². The van der Waals surface area contributed by atoms with Gasteiger partial charge in [-0.05, 0) is 74.2 Å². The lowest BCUT2D eigenvalue weighted by Crippen LogP contribution is -2.26. The maximum atomic E-state index is 6.12. The lowest BCUT2D eigenvalue weighted by Gasteiger charge is -2.33. The molecule has 0 heterocycles. The van der Waals surface area contributed by atoms with E-state index in [1.165, 1.54) is 36.8 Å². The first-order valence-corrected chi connectivity index (χ1v) is 8.09. The van der Waals surface area contributed by atoms with Gasteiger partial charge in [-0.25, -0.2) is 0 Å². The van der Waals surface area contributed by atoms with E-state index in [4.69, 9.17) is 10.5 Å². The minimum absolute atomic E-state index is 0.508. The van der Waals surface area contributed by atoms with Crippen molar-refractivity contribution in [2.24, 2.45) is 17.6 Å². The fourth-order valence-electron chi connectivity index (χ4n) is 3.74. The standard InChI is InChI=1S/C18H29NO/c1-4-20-16-8-9-17(14(3)11-16)18(12-19)15-7-5-6-13(2)10-15/h8-9,11,13,15,18H,4-7,10,12,19H2,1-3H3. The Hall–Kier alpha value is -1.02. The lowest BCUT2D eigenvalue weighted by atomic mass is 9.72. The molecule has 1 fully saturated rings. The van der Waals surface area contributed by atoms with Gasteiger partial charge >= 0.3 is 0 Å². The Morgan fingerprint density at radius 2 is 2.15 bits per heavy atom. The fraction of sp³-hybridized carbons (Fsp3) is 0.667. The van der Waals surface area contributed by atoms with Crippen molar-refractivity contribution >= 4 is 0 Å². The molecule has 0 amide bonds. The predicted molar refractivity (Wildman–Crippen MR) is 85.3 cm³/mol. The van der Waals surface area contributed by atoms with Crippen molar-refractivity contribution in [2.75, 3.05) is 13.2 Å². The zero-order valence-electron chi connectivity index (χ0n) is 13.2. The third-order valence-corrected chi connectivity index (χ3v) is 4.75. The minimum atomic E-state index is 0.508. The van der Waals surface area contributed by atoms with Crippen LogP contribution in [0.3, 0.4) is 0 Å². The first-order chi connectivity index (χ1) is 9.65. The highest BCUT2D eigenvalue weighted by Crippen LogP contribution is 2.39. The summed E-state index contributed by atoms with van der Waals surface area (Å²) < 4.78 is 5.59. The van der Waals surface area contributed by atoms with Crippen LogP contribution in [0.1, 0.15) is 56.6 Å². The maximum Gasteiger partial charge on any atom is 0.119 e. The van der Waals surface area contributed by atoms with Crippen molar-refractivity contribution in [1.82, 2.24) is 0 Å². The summed E-state index contributed by atoms with van der Waals surface area (Å²) in [5.41, 5.74) is 8.87. The van der Waals surface area contributed by atoms with Crippen LogP contribution in [0.4, 0.5) is 0 Å². The summed E-state index contributed by atoms with van der Waals surface area (Å²) in [5.74, 6) is 3.08. The molecule has 0 radical (unpaired) electrons. The minimum Gasteiger partial charge on any atom is -0.494 e. The van der Waals surface area contributed by atoms with Crippen LogP contribution in [-0.2, 0) is 0 Å². The molecule has 0 spiro atoms. The van der Waals surface area contributed by atoms with Crippen LogP contribution < -0.4 is 10.5 Å². The lowest BCUT2D eigenvalue weighted by molar-refractivity contribution is 0.247. The van der Waals surface area contributed by atoms with Gasteiger partial charge in [-0.2, -0.15) is 0 Å². The number of hydrogen-bond acceptors (Lipinski definition) is 2. The molecular formula is C18H29NO. The van der Waals surface area contributed by atoms with Crippen molar-refractivity contribution in [3.05, 3.63) is 29.3 Å². The third-order valence-electron chi connectivity index (χ3n) is 4.75. The van der Waals surface area contributed by atoms with Crippen LogP contribution in [0.15, 0.2) is 18.2 Å². The van der Waals surface area contributed by atoms with E-state index >= 15 is 0 Å².